The van der Waals surface area contributed by atoms with Gasteiger partial charge in [-0.1, -0.05) is 36.5 Å². The average molecular weight is 555 g/mol. The maximum Gasteiger partial charge on any atom is 0.301 e. The lowest BCUT2D eigenvalue weighted by atomic mass is 9.94. The monoisotopic (exact) mass is 554 g/mol. The van der Waals surface area contributed by atoms with Crippen LogP contribution < -0.4 is 14.4 Å². The number of carbonyl (C=O) groups excluding carboxylic acids is 2. The number of ether oxygens (including phenoxy) is 2. The van der Waals surface area contributed by atoms with Crippen LogP contribution in [0.2, 0.25) is 0 Å². The number of aryl methyl sites for hydroxylation is 2. The van der Waals surface area contributed by atoms with E-state index in [1.165, 1.54) is 16.2 Å². The van der Waals surface area contributed by atoms with Gasteiger partial charge in [0.05, 0.1) is 28.4 Å². The molecule has 1 amide bonds. The number of aromatic nitrogens is 1. The maximum absolute atomic E-state index is 13.7. The highest BCUT2D eigenvalue weighted by molar-refractivity contribution is 7.22. The van der Waals surface area contributed by atoms with Crippen LogP contribution in [0.1, 0.15) is 54.1 Å². The summed E-state index contributed by atoms with van der Waals surface area (Å²) in [7, 11) is 0. The Morgan fingerprint density at radius 3 is 2.65 bits per heavy atom. The first-order valence-electron chi connectivity index (χ1n) is 13.5. The second kappa shape index (κ2) is 10.1. The number of carbonyl (C=O) groups is 2. The summed E-state index contributed by atoms with van der Waals surface area (Å²) in [5, 5.41) is 12.0. The lowest BCUT2D eigenvalue weighted by Crippen LogP contribution is -2.29. The summed E-state index contributed by atoms with van der Waals surface area (Å²) in [4.78, 5) is 33.5. The highest BCUT2D eigenvalue weighted by atomic mass is 32.1. The molecule has 0 unspecified atom stereocenters. The van der Waals surface area contributed by atoms with Gasteiger partial charge in [-0.3, -0.25) is 14.5 Å². The van der Waals surface area contributed by atoms with Gasteiger partial charge in [0, 0.05) is 12.0 Å². The third-order valence-electron chi connectivity index (χ3n) is 7.31. The van der Waals surface area contributed by atoms with Crippen molar-refractivity contribution in [2.75, 3.05) is 11.5 Å². The Kier molecular flexibility index (Phi) is 6.58. The Balaban J connectivity index is 1.51. The molecule has 2 atom stereocenters. The van der Waals surface area contributed by atoms with Crippen molar-refractivity contribution in [2.45, 2.75) is 52.7 Å². The summed E-state index contributed by atoms with van der Waals surface area (Å²) in [5.41, 5.74) is 5.02. The van der Waals surface area contributed by atoms with Crippen LogP contribution in [0.4, 0.5) is 5.13 Å². The van der Waals surface area contributed by atoms with Gasteiger partial charge in [-0.25, -0.2) is 4.98 Å². The number of aliphatic hydroxyl groups excluding tert-OH is 1. The van der Waals surface area contributed by atoms with Crippen LogP contribution in [0, 0.1) is 13.8 Å². The van der Waals surface area contributed by atoms with E-state index in [0.717, 1.165) is 39.1 Å². The molecule has 1 fully saturated rings. The molecule has 8 heteroatoms. The standard InChI is InChI=1S/C32H30N2O5S/c1-5-12-38-23-9-6-20(7-10-23)28-26(29(35)21-8-11-24-22(16-21)15-19(4)39-24)30(36)31(37)34(28)32-33-27-18(3)13-17(2)14-25(27)40-32/h6-11,13-14,16,19,28,35H,5,12,15H2,1-4H3/t19-,28+/m0/s1. The fraction of sp³-hybridized carbons (Fsp3) is 0.281. The Hall–Kier alpha value is -4.17. The lowest BCUT2D eigenvalue weighted by molar-refractivity contribution is -0.132. The zero-order chi connectivity index (χ0) is 28.1. The number of rotatable bonds is 6. The first-order valence-corrected chi connectivity index (χ1v) is 14.3. The number of anilines is 1. The van der Waals surface area contributed by atoms with Gasteiger partial charge in [0.25, 0.3) is 5.78 Å². The third kappa shape index (κ3) is 4.42. The van der Waals surface area contributed by atoms with Crippen molar-refractivity contribution in [1.29, 1.82) is 0 Å². The van der Waals surface area contributed by atoms with Crippen LogP contribution in [0.25, 0.3) is 16.0 Å². The van der Waals surface area contributed by atoms with E-state index in [2.05, 4.69) is 0 Å². The van der Waals surface area contributed by atoms with Crippen LogP contribution in [-0.4, -0.2) is 34.5 Å². The number of benzene rings is 3. The number of nitrogens with zero attached hydrogens (tertiary/aromatic N) is 2. The molecule has 6 rings (SSSR count). The largest absolute Gasteiger partial charge is 0.507 e. The summed E-state index contributed by atoms with van der Waals surface area (Å²) in [6, 6.07) is 15.9. The molecule has 204 valence electrons. The number of aliphatic hydroxyl groups is 1. The van der Waals surface area contributed by atoms with Gasteiger partial charge in [0.2, 0.25) is 0 Å². The van der Waals surface area contributed by atoms with E-state index in [-0.39, 0.29) is 17.4 Å². The molecule has 3 aromatic carbocycles. The molecule has 7 nitrogen and oxygen atoms in total. The van der Waals surface area contributed by atoms with E-state index >= 15 is 0 Å². The van der Waals surface area contributed by atoms with Crippen molar-refractivity contribution in [2.24, 2.45) is 0 Å². The topological polar surface area (TPSA) is 89.0 Å². The second-order valence-electron chi connectivity index (χ2n) is 10.5. The highest BCUT2D eigenvalue weighted by Gasteiger charge is 2.48. The van der Waals surface area contributed by atoms with Crippen molar-refractivity contribution >= 4 is 44.1 Å². The highest BCUT2D eigenvalue weighted by Crippen LogP contribution is 2.45. The van der Waals surface area contributed by atoms with E-state index in [9.17, 15) is 14.7 Å². The van der Waals surface area contributed by atoms with Gasteiger partial charge in [0.1, 0.15) is 23.4 Å². The maximum atomic E-state index is 13.7. The van der Waals surface area contributed by atoms with Gasteiger partial charge in [0.15, 0.2) is 5.13 Å². The van der Waals surface area contributed by atoms with Crippen molar-refractivity contribution in [1.82, 2.24) is 4.98 Å². The predicted molar refractivity (Wildman–Crippen MR) is 156 cm³/mol. The molecule has 40 heavy (non-hydrogen) atoms. The predicted octanol–water partition coefficient (Wildman–Crippen LogP) is 6.65. The Morgan fingerprint density at radius 2 is 1.90 bits per heavy atom. The number of Topliss-reactive ketones (excluding diaryl/α,β-unsaturated/α-hetero) is 1. The first kappa shape index (κ1) is 26.1. The smallest absolute Gasteiger partial charge is 0.301 e. The second-order valence-corrected chi connectivity index (χ2v) is 11.5. The zero-order valence-electron chi connectivity index (χ0n) is 22.9. The fourth-order valence-electron chi connectivity index (χ4n) is 5.50. The molecule has 0 aliphatic carbocycles. The molecule has 1 N–H and O–H groups in total. The number of ketones is 1. The van der Waals surface area contributed by atoms with Crippen LogP contribution in [0.15, 0.2) is 60.2 Å². The Labute approximate surface area is 236 Å². The lowest BCUT2D eigenvalue weighted by Gasteiger charge is -2.23. The van der Waals surface area contributed by atoms with E-state index < -0.39 is 17.7 Å². The zero-order valence-corrected chi connectivity index (χ0v) is 23.7. The van der Waals surface area contributed by atoms with Crippen molar-refractivity contribution in [3.8, 4) is 11.5 Å². The fourth-order valence-corrected chi connectivity index (χ4v) is 6.67. The summed E-state index contributed by atoms with van der Waals surface area (Å²) in [6.07, 6.45) is 1.62. The van der Waals surface area contributed by atoms with Gasteiger partial charge in [-0.2, -0.15) is 0 Å². The number of hydrogen-bond donors (Lipinski definition) is 1. The van der Waals surface area contributed by atoms with E-state index in [1.54, 1.807) is 12.1 Å². The first-order chi connectivity index (χ1) is 19.2. The van der Waals surface area contributed by atoms with Gasteiger partial charge in [-0.05, 0) is 85.8 Å². The SMILES string of the molecule is CCCOc1ccc([C@@H]2C(=C(O)c3ccc4c(c3)C[C@H](C)O4)C(=O)C(=O)N2c2nc3c(C)cc(C)cc3s2)cc1. The van der Waals surface area contributed by atoms with Crippen molar-refractivity contribution in [3.63, 3.8) is 0 Å². The quantitative estimate of drug-likeness (QED) is 0.163. The third-order valence-corrected chi connectivity index (χ3v) is 8.31. The van der Waals surface area contributed by atoms with Gasteiger partial charge < -0.3 is 14.6 Å². The molecule has 4 aromatic rings. The van der Waals surface area contributed by atoms with Crippen molar-refractivity contribution < 1.29 is 24.2 Å². The van der Waals surface area contributed by atoms with Crippen molar-refractivity contribution in [3.05, 3.63) is 88.0 Å². The summed E-state index contributed by atoms with van der Waals surface area (Å²) in [5.74, 6) is -0.214. The summed E-state index contributed by atoms with van der Waals surface area (Å²) < 4.78 is 12.5. The normalized spacial score (nSPS) is 19.8. The van der Waals surface area contributed by atoms with Crippen LogP contribution in [-0.2, 0) is 16.0 Å². The van der Waals surface area contributed by atoms with E-state index in [4.69, 9.17) is 14.5 Å². The molecule has 2 aliphatic heterocycles. The Morgan fingerprint density at radius 1 is 1.12 bits per heavy atom. The molecular formula is C32H30N2O5S. The molecule has 3 heterocycles. The minimum atomic E-state index is -0.856. The molecule has 0 spiro atoms. The molecule has 1 aromatic heterocycles. The van der Waals surface area contributed by atoms with Crippen LogP contribution >= 0.6 is 11.3 Å². The van der Waals surface area contributed by atoms with Gasteiger partial charge in [-0.15, -0.1) is 0 Å². The molecule has 0 radical (unpaired) electrons. The number of fused-ring (bicyclic) bond motifs is 2. The molecule has 2 aliphatic rings. The summed E-state index contributed by atoms with van der Waals surface area (Å²) in [6.45, 7) is 8.61. The van der Waals surface area contributed by atoms with Gasteiger partial charge >= 0.3 is 5.91 Å². The number of hydrogen-bond acceptors (Lipinski definition) is 7. The molecular weight excluding hydrogens is 524 g/mol. The van der Waals surface area contributed by atoms with Crippen LogP contribution in [0.3, 0.4) is 0 Å². The molecule has 0 bridgehead atoms. The van der Waals surface area contributed by atoms with E-state index in [1.807, 2.05) is 70.2 Å². The van der Waals surface area contributed by atoms with Crippen LogP contribution in [0.5, 0.6) is 11.5 Å². The molecule has 1 saturated heterocycles. The minimum absolute atomic E-state index is 0.0336. The average Bonchev–Trinajstić information content (AvgIpc) is 3.60. The minimum Gasteiger partial charge on any atom is -0.507 e. The van der Waals surface area contributed by atoms with E-state index in [0.29, 0.717) is 35.0 Å². The Bertz CT molecular complexity index is 1690. The molecule has 0 saturated carbocycles. The summed E-state index contributed by atoms with van der Waals surface area (Å²) >= 11 is 1.36. The number of amides is 1. The number of thiazole rings is 1.